The molecule has 0 spiro atoms. The van der Waals surface area contributed by atoms with Gasteiger partial charge in [-0.25, -0.2) is 4.98 Å². The average Bonchev–Trinajstić information content (AvgIpc) is 3.32. The van der Waals surface area contributed by atoms with Gasteiger partial charge in [-0.3, -0.25) is 15.1 Å². The number of aromatic nitrogens is 5. The van der Waals surface area contributed by atoms with Crippen molar-refractivity contribution in [1.29, 1.82) is 0 Å². The van der Waals surface area contributed by atoms with Crippen LogP contribution in [0.15, 0.2) is 36.4 Å². The molecule has 2 aliphatic rings. The third-order valence-electron chi connectivity index (χ3n) is 6.94. The summed E-state index contributed by atoms with van der Waals surface area (Å²) in [5.41, 5.74) is 5.03. The van der Waals surface area contributed by atoms with Gasteiger partial charge in [0, 0.05) is 30.6 Å². The summed E-state index contributed by atoms with van der Waals surface area (Å²) in [5.74, 6) is 1.81. The summed E-state index contributed by atoms with van der Waals surface area (Å²) in [6.45, 7) is 5.07. The molecule has 8 nitrogen and oxygen atoms in total. The zero-order chi connectivity index (χ0) is 21.8. The van der Waals surface area contributed by atoms with E-state index < -0.39 is 0 Å². The molecule has 4 aromatic rings. The Bertz CT molecular complexity index is 1290. The van der Waals surface area contributed by atoms with E-state index in [0.29, 0.717) is 23.7 Å². The van der Waals surface area contributed by atoms with Crippen LogP contribution in [0.2, 0.25) is 0 Å². The molecule has 3 heterocycles. The van der Waals surface area contributed by atoms with Crippen LogP contribution in [0.5, 0.6) is 5.75 Å². The first-order valence-corrected chi connectivity index (χ1v) is 11.3. The summed E-state index contributed by atoms with van der Waals surface area (Å²) >= 11 is 0. The molecular weight excluding hydrogens is 402 g/mol. The van der Waals surface area contributed by atoms with Crippen molar-refractivity contribution in [3.63, 3.8) is 0 Å². The fraction of sp³-hybridized carbons (Fsp3) is 0.375. The number of nitrogens with one attached hydrogen (secondary N) is 2. The van der Waals surface area contributed by atoms with Crippen LogP contribution in [0.1, 0.15) is 24.7 Å². The van der Waals surface area contributed by atoms with E-state index in [1.807, 2.05) is 12.1 Å². The van der Waals surface area contributed by atoms with Gasteiger partial charge in [0.15, 0.2) is 0 Å². The predicted molar refractivity (Wildman–Crippen MR) is 123 cm³/mol. The number of aryl methyl sites for hydroxylation is 1. The SMILES string of the molecule is CCc1cc(O)ccc1-c1ccc2c(-c3n[nH]c(CN4CCN(C)C5CC54)n3)n[nH]c2c1. The van der Waals surface area contributed by atoms with Gasteiger partial charge in [0.25, 0.3) is 0 Å². The molecule has 0 amide bonds. The van der Waals surface area contributed by atoms with E-state index in [9.17, 15) is 5.11 Å². The van der Waals surface area contributed by atoms with Gasteiger partial charge in [-0.2, -0.15) is 10.2 Å². The molecule has 2 fully saturated rings. The largest absolute Gasteiger partial charge is 0.508 e. The lowest BCUT2D eigenvalue weighted by Crippen LogP contribution is -2.44. The van der Waals surface area contributed by atoms with Crippen molar-refractivity contribution in [1.82, 2.24) is 35.2 Å². The number of phenols is 1. The Morgan fingerprint density at radius 3 is 2.84 bits per heavy atom. The number of phenolic OH excluding ortho intramolecular Hbond substituents is 1. The first-order chi connectivity index (χ1) is 15.6. The highest BCUT2D eigenvalue weighted by Gasteiger charge is 2.47. The highest BCUT2D eigenvalue weighted by atomic mass is 16.3. The fourth-order valence-corrected chi connectivity index (χ4v) is 5.03. The second-order valence-corrected chi connectivity index (χ2v) is 8.95. The Morgan fingerprint density at radius 2 is 1.97 bits per heavy atom. The Labute approximate surface area is 186 Å². The maximum absolute atomic E-state index is 9.81. The smallest absolute Gasteiger partial charge is 0.202 e. The van der Waals surface area contributed by atoms with Crippen LogP contribution in [0.3, 0.4) is 0 Å². The number of H-pyrrole nitrogens is 2. The second kappa shape index (κ2) is 7.43. The van der Waals surface area contributed by atoms with Gasteiger partial charge in [0.05, 0.1) is 12.1 Å². The summed E-state index contributed by atoms with van der Waals surface area (Å²) in [5, 5.41) is 26.1. The van der Waals surface area contributed by atoms with E-state index in [-0.39, 0.29) is 0 Å². The minimum Gasteiger partial charge on any atom is -0.508 e. The van der Waals surface area contributed by atoms with Gasteiger partial charge >= 0.3 is 0 Å². The van der Waals surface area contributed by atoms with Crippen molar-refractivity contribution in [3.05, 3.63) is 47.8 Å². The van der Waals surface area contributed by atoms with Crippen LogP contribution < -0.4 is 0 Å². The monoisotopic (exact) mass is 429 g/mol. The average molecular weight is 430 g/mol. The lowest BCUT2D eigenvalue weighted by molar-refractivity contribution is 0.141. The molecule has 2 atom stereocenters. The van der Waals surface area contributed by atoms with E-state index in [1.54, 1.807) is 6.07 Å². The predicted octanol–water partition coefficient (Wildman–Crippen LogP) is 3.17. The minimum absolute atomic E-state index is 0.296. The second-order valence-electron chi connectivity index (χ2n) is 8.95. The molecule has 6 rings (SSSR count). The van der Waals surface area contributed by atoms with E-state index in [1.165, 1.54) is 6.42 Å². The number of hydrogen-bond acceptors (Lipinski definition) is 6. The molecule has 1 aliphatic carbocycles. The van der Waals surface area contributed by atoms with E-state index in [0.717, 1.165) is 65.2 Å². The number of aromatic amines is 2. The maximum Gasteiger partial charge on any atom is 0.202 e. The van der Waals surface area contributed by atoms with Gasteiger partial charge in [0.1, 0.15) is 17.3 Å². The van der Waals surface area contributed by atoms with Crippen molar-refractivity contribution in [3.8, 4) is 28.4 Å². The Hall–Kier alpha value is -3.23. The molecule has 1 saturated heterocycles. The quantitative estimate of drug-likeness (QED) is 0.451. The molecular formula is C24H27N7O. The molecule has 32 heavy (non-hydrogen) atoms. The summed E-state index contributed by atoms with van der Waals surface area (Å²) in [6.07, 6.45) is 2.11. The normalized spacial score (nSPS) is 21.2. The van der Waals surface area contributed by atoms with Crippen LogP contribution in [0.4, 0.5) is 0 Å². The molecule has 0 radical (unpaired) electrons. The standard InChI is InChI=1S/C24H27N7O/c1-3-14-10-16(32)5-7-17(14)15-4-6-18-19(11-15)26-28-23(18)24-25-22(27-29-24)13-31-9-8-30(2)20-12-21(20)31/h4-7,10-11,20-21,32H,3,8-9,12-13H2,1-2H3,(H,26,28)(H,25,27,29). The van der Waals surface area contributed by atoms with Gasteiger partial charge in [-0.1, -0.05) is 19.1 Å². The number of fused-ring (bicyclic) bond motifs is 2. The Balaban J connectivity index is 1.26. The van der Waals surface area contributed by atoms with E-state index >= 15 is 0 Å². The maximum atomic E-state index is 9.81. The molecule has 2 aromatic heterocycles. The molecule has 8 heteroatoms. The topological polar surface area (TPSA) is 97.0 Å². The lowest BCUT2D eigenvalue weighted by Gasteiger charge is -2.31. The van der Waals surface area contributed by atoms with Crippen LogP contribution in [0.25, 0.3) is 33.5 Å². The number of hydrogen-bond donors (Lipinski definition) is 3. The first kappa shape index (κ1) is 19.5. The molecule has 3 N–H and O–H groups in total. The van der Waals surface area contributed by atoms with Crippen LogP contribution in [-0.2, 0) is 13.0 Å². The van der Waals surface area contributed by atoms with Crippen LogP contribution in [-0.4, -0.2) is 72.5 Å². The number of piperazine rings is 1. The van der Waals surface area contributed by atoms with Crippen molar-refractivity contribution in [2.45, 2.75) is 38.4 Å². The van der Waals surface area contributed by atoms with Crippen LogP contribution in [0, 0.1) is 0 Å². The third-order valence-corrected chi connectivity index (χ3v) is 6.94. The number of likely N-dealkylation sites (N-methyl/N-ethyl adjacent to an activating group) is 1. The fourth-order valence-electron chi connectivity index (χ4n) is 5.03. The van der Waals surface area contributed by atoms with Crippen LogP contribution >= 0.6 is 0 Å². The van der Waals surface area contributed by atoms with Gasteiger partial charge in [0.2, 0.25) is 5.82 Å². The van der Waals surface area contributed by atoms with Gasteiger partial charge < -0.3 is 10.0 Å². The van der Waals surface area contributed by atoms with Crippen molar-refractivity contribution in [2.24, 2.45) is 0 Å². The highest BCUT2D eigenvalue weighted by molar-refractivity contribution is 5.94. The summed E-state index contributed by atoms with van der Waals surface area (Å²) in [7, 11) is 2.22. The zero-order valence-electron chi connectivity index (χ0n) is 18.3. The molecule has 0 bridgehead atoms. The Morgan fingerprint density at radius 1 is 1.06 bits per heavy atom. The van der Waals surface area contributed by atoms with E-state index in [2.05, 4.69) is 62.4 Å². The van der Waals surface area contributed by atoms with E-state index in [4.69, 9.17) is 4.98 Å². The molecule has 2 unspecified atom stereocenters. The number of rotatable bonds is 5. The minimum atomic E-state index is 0.296. The Kier molecular flexibility index (Phi) is 4.51. The number of aromatic hydroxyl groups is 1. The first-order valence-electron chi connectivity index (χ1n) is 11.3. The van der Waals surface area contributed by atoms with Crippen molar-refractivity contribution < 1.29 is 5.11 Å². The number of benzene rings is 2. The van der Waals surface area contributed by atoms with Gasteiger partial charge in [-0.15, -0.1) is 0 Å². The third kappa shape index (κ3) is 3.27. The van der Waals surface area contributed by atoms with Crippen molar-refractivity contribution >= 4 is 10.9 Å². The summed E-state index contributed by atoms with van der Waals surface area (Å²) < 4.78 is 0. The highest BCUT2D eigenvalue weighted by Crippen LogP contribution is 2.36. The lowest BCUT2D eigenvalue weighted by atomic mass is 9.97. The zero-order valence-corrected chi connectivity index (χ0v) is 18.3. The molecule has 1 aliphatic heterocycles. The summed E-state index contributed by atoms with van der Waals surface area (Å²) in [4.78, 5) is 9.72. The van der Waals surface area contributed by atoms with Gasteiger partial charge in [-0.05, 0) is 60.8 Å². The molecule has 164 valence electrons. The molecule has 1 saturated carbocycles. The summed E-state index contributed by atoms with van der Waals surface area (Å²) in [6, 6.07) is 13.2. The number of nitrogens with zero attached hydrogens (tertiary/aromatic N) is 5. The van der Waals surface area contributed by atoms with Crippen molar-refractivity contribution in [2.75, 3.05) is 20.1 Å². The molecule has 2 aromatic carbocycles.